The number of aromatic nitrogens is 1. The smallest absolute Gasteiger partial charge is 0.464 e. The molecule has 1 unspecified atom stereocenters. The van der Waals surface area contributed by atoms with E-state index in [-0.39, 0.29) is 29.5 Å². The zero-order valence-corrected chi connectivity index (χ0v) is 16.6. The molecule has 160 valence electrons. The van der Waals surface area contributed by atoms with Crippen LogP contribution in [0.2, 0.25) is 0 Å². The Balaban J connectivity index is 1.69. The standard InChI is InChI=1S/C18H16F3N3O5S/c1-9-14(16(27)28-2)22-17(30-9)23-15(26)10-6-13(25)24(8-10)11-4-3-5-12(7-11)29-18(19,20)21/h3-5,7,10H,6,8H2,1-2H3,(H,22,23,26). The van der Waals surface area contributed by atoms with Crippen LogP contribution in [0.25, 0.3) is 0 Å². The van der Waals surface area contributed by atoms with E-state index in [4.69, 9.17) is 0 Å². The van der Waals surface area contributed by atoms with Gasteiger partial charge in [-0.2, -0.15) is 0 Å². The molecule has 2 aromatic rings. The van der Waals surface area contributed by atoms with Gasteiger partial charge in [0, 0.05) is 29.6 Å². The lowest BCUT2D eigenvalue weighted by Gasteiger charge is -2.18. The summed E-state index contributed by atoms with van der Waals surface area (Å²) in [6.45, 7) is 1.63. The highest BCUT2D eigenvalue weighted by atomic mass is 32.1. The lowest BCUT2D eigenvalue weighted by atomic mass is 10.1. The first-order chi connectivity index (χ1) is 14.1. The van der Waals surface area contributed by atoms with E-state index in [9.17, 15) is 27.6 Å². The number of alkyl halides is 3. The summed E-state index contributed by atoms with van der Waals surface area (Å²) in [5, 5.41) is 2.75. The summed E-state index contributed by atoms with van der Waals surface area (Å²) in [7, 11) is 1.22. The van der Waals surface area contributed by atoms with Crippen molar-refractivity contribution in [3.8, 4) is 5.75 Å². The van der Waals surface area contributed by atoms with Gasteiger partial charge >= 0.3 is 12.3 Å². The molecule has 0 bridgehead atoms. The van der Waals surface area contributed by atoms with Crippen LogP contribution in [-0.2, 0) is 14.3 Å². The first kappa shape index (κ1) is 21.6. The molecule has 1 fully saturated rings. The number of hydrogen-bond acceptors (Lipinski definition) is 7. The number of anilines is 2. The van der Waals surface area contributed by atoms with Gasteiger partial charge < -0.3 is 19.7 Å². The quantitative estimate of drug-likeness (QED) is 0.713. The van der Waals surface area contributed by atoms with E-state index < -0.39 is 35.8 Å². The van der Waals surface area contributed by atoms with Crippen LogP contribution < -0.4 is 15.0 Å². The lowest BCUT2D eigenvalue weighted by Crippen LogP contribution is -2.28. The number of carbonyl (C=O) groups excluding carboxylic acids is 3. The molecule has 8 nitrogen and oxygen atoms in total. The fourth-order valence-corrected chi connectivity index (χ4v) is 3.73. The number of thiazole rings is 1. The maximum Gasteiger partial charge on any atom is 0.573 e. The number of amides is 2. The van der Waals surface area contributed by atoms with Gasteiger partial charge in [-0.25, -0.2) is 9.78 Å². The van der Waals surface area contributed by atoms with E-state index in [0.29, 0.717) is 4.88 Å². The summed E-state index contributed by atoms with van der Waals surface area (Å²) in [6.07, 6.45) is -4.98. The summed E-state index contributed by atoms with van der Waals surface area (Å²) in [5.74, 6) is -2.74. The number of methoxy groups -OCH3 is 1. The van der Waals surface area contributed by atoms with Crippen LogP contribution in [0.15, 0.2) is 24.3 Å². The number of nitrogens with zero attached hydrogens (tertiary/aromatic N) is 2. The van der Waals surface area contributed by atoms with Gasteiger partial charge in [0.15, 0.2) is 10.8 Å². The maximum atomic E-state index is 12.5. The molecule has 1 atom stereocenters. The largest absolute Gasteiger partial charge is 0.573 e. The molecule has 1 saturated heterocycles. The van der Waals surface area contributed by atoms with Crippen LogP contribution in [0, 0.1) is 12.8 Å². The number of esters is 1. The normalized spacial score (nSPS) is 16.5. The van der Waals surface area contributed by atoms with Gasteiger partial charge in [0.1, 0.15) is 5.75 Å². The minimum Gasteiger partial charge on any atom is -0.464 e. The average Bonchev–Trinajstić information content (AvgIpc) is 3.22. The molecule has 1 aromatic heterocycles. The number of carbonyl (C=O) groups is 3. The monoisotopic (exact) mass is 443 g/mol. The Kier molecular flexibility index (Phi) is 5.97. The topological polar surface area (TPSA) is 97.8 Å². The molecule has 3 rings (SSSR count). The Morgan fingerprint density at radius 1 is 1.33 bits per heavy atom. The summed E-state index contributed by atoms with van der Waals surface area (Å²) in [4.78, 5) is 42.3. The molecule has 12 heteroatoms. The first-order valence-corrected chi connectivity index (χ1v) is 9.42. The Morgan fingerprint density at radius 3 is 2.73 bits per heavy atom. The summed E-state index contributed by atoms with van der Waals surface area (Å²) >= 11 is 1.08. The highest BCUT2D eigenvalue weighted by molar-refractivity contribution is 7.16. The van der Waals surface area contributed by atoms with Crippen molar-refractivity contribution in [3.05, 3.63) is 34.8 Å². The second-order valence-electron chi connectivity index (χ2n) is 6.36. The van der Waals surface area contributed by atoms with Crippen molar-refractivity contribution in [1.82, 2.24) is 4.98 Å². The van der Waals surface area contributed by atoms with Crippen molar-refractivity contribution in [3.63, 3.8) is 0 Å². The van der Waals surface area contributed by atoms with E-state index in [1.54, 1.807) is 6.92 Å². The zero-order valence-electron chi connectivity index (χ0n) is 15.8. The van der Waals surface area contributed by atoms with Crippen LogP contribution in [0.3, 0.4) is 0 Å². The van der Waals surface area contributed by atoms with Crippen LogP contribution in [0.1, 0.15) is 21.8 Å². The van der Waals surface area contributed by atoms with Crippen molar-refractivity contribution in [2.75, 3.05) is 23.9 Å². The van der Waals surface area contributed by atoms with Crippen LogP contribution >= 0.6 is 11.3 Å². The van der Waals surface area contributed by atoms with Crippen molar-refractivity contribution in [2.45, 2.75) is 19.7 Å². The number of ether oxygens (including phenoxy) is 2. The molecule has 2 amide bonds. The summed E-state index contributed by atoms with van der Waals surface area (Å²) in [6, 6.07) is 4.97. The van der Waals surface area contributed by atoms with Crippen molar-refractivity contribution in [1.29, 1.82) is 0 Å². The number of benzene rings is 1. The number of hydrogen-bond donors (Lipinski definition) is 1. The number of nitrogens with one attached hydrogen (secondary N) is 1. The van der Waals surface area contributed by atoms with E-state index >= 15 is 0 Å². The molecule has 0 radical (unpaired) electrons. The third-order valence-electron chi connectivity index (χ3n) is 4.26. The SMILES string of the molecule is COC(=O)c1nc(NC(=O)C2CC(=O)N(c3cccc(OC(F)(F)F)c3)C2)sc1C. The third-order valence-corrected chi connectivity index (χ3v) is 5.15. The highest BCUT2D eigenvalue weighted by Crippen LogP contribution is 2.31. The Bertz CT molecular complexity index is 992. The molecule has 1 aliphatic rings. The molecule has 30 heavy (non-hydrogen) atoms. The molecule has 1 N–H and O–H groups in total. The maximum absolute atomic E-state index is 12.5. The van der Waals surface area contributed by atoms with Crippen LogP contribution in [-0.4, -0.2) is 42.8 Å². The predicted octanol–water partition coefficient (Wildman–Crippen LogP) is 3.13. The second kappa shape index (κ2) is 8.30. The van der Waals surface area contributed by atoms with Gasteiger partial charge in [0.25, 0.3) is 0 Å². The molecule has 0 saturated carbocycles. The summed E-state index contributed by atoms with van der Waals surface area (Å²) in [5.41, 5.74) is 0.276. The van der Waals surface area contributed by atoms with Gasteiger partial charge in [-0.3, -0.25) is 9.59 Å². The van der Waals surface area contributed by atoms with E-state index in [1.807, 2.05) is 0 Å². The Hall–Kier alpha value is -3.15. The molecule has 1 aromatic carbocycles. The predicted molar refractivity (Wildman–Crippen MR) is 100 cm³/mol. The first-order valence-electron chi connectivity index (χ1n) is 8.60. The highest BCUT2D eigenvalue weighted by Gasteiger charge is 2.36. The van der Waals surface area contributed by atoms with E-state index in [2.05, 4.69) is 19.8 Å². The fraction of sp³-hybridized carbons (Fsp3) is 0.333. The number of aryl methyl sites for hydroxylation is 1. The van der Waals surface area contributed by atoms with Crippen molar-refractivity contribution in [2.24, 2.45) is 5.92 Å². The molecule has 0 aliphatic carbocycles. The van der Waals surface area contributed by atoms with Gasteiger partial charge in [-0.05, 0) is 19.1 Å². The fourth-order valence-electron chi connectivity index (χ4n) is 2.92. The zero-order chi connectivity index (χ0) is 22.1. The molecule has 0 spiro atoms. The Labute approximate surface area is 172 Å². The number of rotatable bonds is 5. The van der Waals surface area contributed by atoms with Crippen LogP contribution in [0.4, 0.5) is 24.0 Å². The Morgan fingerprint density at radius 2 is 2.07 bits per heavy atom. The van der Waals surface area contributed by atoms with Gasteiger partial charge in [-0.1, -0.05) is 6.07 Å². The van der Waals surface area contributed by atoms with E-state index in [1.165, 1.54) is 24.1 Å². The molecule has 2 heterocycles. The lowest BCUT2D eigenvalue weighted by molar-refractivity contribution is -0.274. The van der Waals surface area contributed by atoms with Crippen molar-refractivity contribution < 1.29 is 37.0 Å². The van der Waals surface area contributed by atoms with Crippen molar-refractivity contribution >= 4 is 39.9 Å². The minimum absolute atomic E-state index is 0.0195. The minimum atomic E-state index is -4.86. The molecule has 1 aliphatic heterocycles. The van der Waals surface area contributed by atoms with Gasteiger partial charge in [0.2, 0.25) is 11.8 Å². The second-order valence-corrected chi connectivity index (χ2v) is 7.56. The van der Waals surface area contributed by atoms with E-state index in [0.717, 1.165) is 23.5 Å². The molecular formula is C18H16F3N3O5S. The summed E-state index contributed by atoms with van der Waals surface area (Å²) < 4.78 is 45.7. The van der Waals surface area contributed by atoms with Crippen LogP contribution in [0.5, 0.6) is 5.75 Å². The van der Waals surface area contributed by atoms with Gasteiger partial charge in [0.05, 0.1) is 13.0 Å². The number of halogens is 3. The molecular weight excluding hydrogens is 427 g/mol. The average molecular weight is 443 g/mol. The third kappa shape index (κ3) is 4.87. The van der Waals surface area contributed by atoms with Gasteiger partial charge in [-0.15, -0.1) is 24.5 Å².